The molecule has 0 aliphatic carbocycles. The fourth-order valence-corrected chi connectivity index (χ4v) is 2.15. The molecule has 3 N–H and O–H groups in total. The second-order valence-corrected chi connectivity index (χ2v) is 4.15. The normalized spacial score (nSPS) is 20.6. The molecule has 0 bridgehead atoms. The van der Waals surface area contributed by atoms with Crippen LogP contribution in [0.1, 0.15) is 25.3 Å². The lowest BCUT2D eigenvalue weighted by Gasteiger charge is -2.23. The van der Waals surface area contributed by atoms with Crippen LogP contribution in [0.3, 0.4) is 0 Å². The summed E-state index contributed by atoms with van der Waals surface area (Å²) in [6.45, 7) is 3.40. The molecule has 1 aliphatic rings. The van der Waals surface area contributed by atoms with E-state index in [1.807, 2.05) is 12.1 Å². The van der Waals surface area contributed by atoms with Crippen molar-refractivity contribution in [2.45, 2.75) is 25.8 Å². The molecule has 15 heavy (non-hydrogen) atoms. The van der Waals surface area contributed by atoms with Crippen LogP contribution < -0.4 is 10.6 Å². The minimum absolute atomic E-state index is 0.135. The van der Waals surface area contributed by atoms with E-state index in [4.69, 9.17) is 11.1 Å². The summed E-state index contributed by atoms with van der Waals surface area (Å²) in [6.07, 6.45) is 2.55. The molecular formula is C12H17N3. The van der Waals surface area contributed by atoms with Crippen LogP contribution in [0.2, 0.25) is 0 Å². The SMILES string of the molecule is CC1CCCN1c1ccc(C(=N)N)cc1. The van der Waals surface area contributed by atoms with Gasteiger partial charge in [-0.25, -0.2) is 0 Å². The van der Waals surface area contributed by atoms with Crippen LogP contribution in [0.15, 0.2) is 24.3 Å². The highest BCUT2D eigenvalue weighted by Crippen LogP contribution is 2.25. The monoisotopic (exact) mass is 203 g/mol. The lowest BCUT2D eigenvalue weighted by Crippen LogP contribution is -2.26. The lowest BCUT2D eigenvalue weighted by molar-refractivity contribution is 0.735. The summed E-state index contributed by atoms with van der Waals surface area (Å²) in [5, 5.41) is 7.32. The predicted molar refractivity (Wildman–Crippen MR) is 63.5 cm³/mol. The molecule has 1 fully saturated rings. The molecule has 0 amide bonds. The quantitative estimate of drug-likeness (QED) is 0.570. The predicted octanol–water partition coefficient (Wildman–Crippen LogP) is 1.96. The summed E-state index contributed by atoms with van der Waals surface area (Å²) < 4.78 is 0. The molecule has 80 valence electrons. The molecule has 1 saturated heterocycles. The average Bonchev–Trinajstić information content (AvgIpc) is 2.65. The van der Waals surface area contributed by atoms with Crippen molar-refractivity contribution in [3.63, 3.8) is 0 Å². The van der Waals surface area contributed by atoms with Gasteiger partial charge in [0, 0.05) is 23.8 Å². The molecule has 1 aromatic rings. The summed E-state index contributed by atoms with van der Waals surface area (Å²) in [6, 6.07) is 8.58. The molecular weight excluding hydrogens is 186 g/mol. The van der Waals surface area contributed by atoms with Crippen molar-refractivity contribution in [3.05, 3.63) is 29.8 Å². The number of amidine groups is 1. The Balaban J connectivity index is 2.19. The van der Waals surface area contributed by atoms with Crippen molar-refractivity contribution in [3.8, 4) is 0 Å². The molecule has 0 saturated carbocycles. The van der Waals surface area contributed by atoms with E-state index in [9.17, 15) is 0 Å². The third-order valence-corrected chi connectivity index (χ3v) is 3.06. The zero-order valence-electron chi connectivity index (χ0n) is 9.03. The Hall–Kier alpha value is -1.51. The Morgan fingerprint density at radius 3 is 2.53 bits per heavy atom. The largest absolute Gasteiger partial charge is 0.384 e. The number of nitrogens with two attached hydrogens (primary N) is 1. The summed E-state index contributed by atoms with van der Waals surface area (Å²) >= 11 is 0. The van der Waals surface area contributed by atoms with Crippen molar-refractivity contribution in [2.24, 2.45) is 5.73 Å². The van der Waals surface area contributed by atoms with Gasteiger partial charge in [0.25, 0.3) is 0 Å². The second kappa shape index (κ2) is 3.93. The molecule has 3 nitrogen and oxygen atoms in total. The number of hydrogen-bond donors (Lipinski definition) is 2. The summed E-state index contributed by atoms with van der Waals surface area (Å²) in [5.74, 6) is 0.135. The van der Waals surface area contributed by atoms with Gasteiger partial charge in [0.1, 0.15) is 5.84 Å². The number of rotatable bonds is 2. The van der Waals surface area contributed by atoms with E-state index in [2.05, 4.69) is 24.0 Å². The number of hydrogen-bond acceptors (Lipinski definition) is 2. The van der Waals surface area contributed by atoms with Crippen LogP contribution in [-0.2, 0) is 0 Å². The zero-order valence-corrected chi connectivity index (χ0v) is 9.03. The van der Waals surface area contributed by atoms with E-state index < -0.39 is 0 Å². The fraction of sp³-hybridized carbons (Fsp3) is 0.417. The van der Waals surface area contributed by atoms with Gasteiger partial charge in [-0.15, -0.1) is 0 Å². The van der Waals surface area contributed by atoms with Crippen LogP contribution in [0, 0.1) is 5.41 Å². The van der Waals surface area contributed by atoms with Gasteiger partial charge in [0.2, 0.25) is 0 Å². The molecule has 1 aliphatic heterocycles. The van der Waals surface area contributed by atoms with Crippen molar-refractivity contribution in [2.75, 3.05) is 11.4 Å². The van der Waals surface area contributed by atoms with Crippen molar-refractivity contribution >= 4 is 11.5 Å². The van der Waals surface area contributed by atoms with Gasteiger partial charge in [0.05, 0.1) is 0 Å². The first-order valence-corrected chi connectivity index (χ1v) is 5.39. The number of nitrogen functional groups attached to an aromatic ring is 1. The van der Waals surface area contributed by atoms with Crippen LogP contribution in [0.5, 0.6) is 0 Å². The number of nitrogens with zero attached hydrogens (tertiary/aromatic N) is 1. The molecule has 1 aromatic carbocycles. The first kappa shape index (κ1) is 10.0. The van der Waals surface area contributed by atoms with Crippen molar-refractivity contribution < 1.29 is 0 Å². The van der Waals surface area contributed by atoms with Gasteiger partial charge in [-0.1, -0.05) is 0 Å². The number of nitrogens with one attached hydrogen (secondary N) is 1. The van der Waals surface area contributed by atoms with E-state index in [0.717, 1.165) is 12.1 Å². The maximum absolute atomic E-state index is 7.32. The third kappa shape index (κ3) is 1.96. The molecule has 2 rings (SSSR count). The fourth-order valence-electron chi connectivity index (χ4n) is 2.15. The minimum Gasteiger partial charge on any atom is -0.384 e. The Morgan fingerprint density at radius 2 is 2.07 bits per heavy atom. The van der Waals surface area contributed by atoms with Crippen molar-refractivity contribution in [1.29, 1.82) is 5.41 Å². The maximum Gasteiger partial charge on any atom is 0.122 e. The molecule has 1 unspecified atom stereocenters. The molecule has 0 aromatic heterocycles. The molecule has 0 spiro atoms. The zero-order chi connectivity index (χ0) is 10.8. The Labute approximate surface area is 90.4 Å². The summed E-state index contributed by atoms with van der Waals surface area (Å²) in [4.78, 5) is 2.41. The number of anilines is 1. The molecule has 1 atom stereocenters. The number of benzene rings is 1. The van der Waals surface area contributed by atoms with E-state index in [1.54, 1.807) is 0 Å². The molecule has 0 radical (unpaired) electrons. The topological polar surface area (TPSA) is 53.1 Å². The minimum atomic E-state index is 0.135. The van der Waals surface area contributed by atoms with Crippen molar-refractivity contribution in [1.82, 2.24) is 0 Å². The summed E-state index contributed by atoms with van der Waals surface area (Å²) in [5.41, 5.74) is 7.45. The van der Waals surface area contributed by atoms with E-state index in [0.29, 0.717) is 6.04 Å². The van der Waals surface area contributed by atoms with Gasteiger partial charge in [-0.2, -0.15) is 0 Å². The first-order chi connectivity index (χ1) is 7.18. The third-order valence-electron chi connectivity index (χ3n) is 3.06. The lowest BCUT2D eigenvalue weighted by atomic mass is 10.1. The van der Waals surface area contributed by atoms with Crippen LogP contribution >= 0.6 is 0 Å². The smallest absolute Gasteiger partial charge is 0.122 e. The van der Waals surface area contributed by atoms with Crippen LogP contribution in [0.4, 0.5) is 5.69 Å². The Morgan fingerprint density at radius 1 is 1.40 bits per heavy atom. The van der Waals surface area contributed by atoms with Crippen LogP contribution in [-0.4, -0.2) is 18.4 Å². The standard InChI is InChI=1S/C12H17N3/c1-9-3-2-8-15(9)11-6-4-10(5-7-11)12(13)14/h4-7,9H,2-3,8H2,1H3,(H3,13,14). The maximum atomic E-state index is 7.32. The molecule has 3 heteroatoms. The summed E-state index contributed by atoms with van der Waals surface area (Å²) in [7, 11) is 0. The average molecular weight is 203 g/mol. The first-order valence-electron chi connectivity index (χ1n) is 5.39. The van der Waals surface area contributed by atoms with E-state index in [-0.39, 0.29) is 5.84 Å². The highest BCUT2D eigenvalue weighted by atomic mass is 15.2. The van der Waals surface area contributed by atoms with Gasteiger partial charge in [-0.05, 0) is 44.0 Å². The van der Waals surface area contributed by atoms with Gasteiger partial charge in [-0.3, -0.25) is 5.41 Å². The van der Waals surface area contributed by atoms with Gasteiger partial charge in [0.15, 0.2) is 0 Å². The van der Waals surface area contributed by atoms with Crippen LogP contribution in [0.25, 0.3) is 0 Å². The Kier molecular flexibility index (Phi) is 2.62. The highest BCUT2D eigenvalue weighted by molar-refractivity contribution is 5.95. The van der Waals surface area contributed by atoms with Gasteiger partial charge >= 0.3 is 0 Å². The van der Waals surface area contributed by atoms with E-state index in [1.165, 1.54) is 18.5 Å². The molecule has 1 heterocycles. The second-order valence-electron chi connectivity index (χ2n) is 4.15. The van der Waals surface area contributed by atoms with E-state index >= 15 is 0 Å². The highest BCUT2D eigenvalue weighted by Gasteiger charge is 2.20. The Bertz CT molecular complexity index is 356. The van der Waals surface area contributed by atoms with Gasteiger partial charge < -0.3 is 10.6 Å².